The quantitative estimate of drug-likeness (QED) is 0.804. The maximum atomic E-state index is 6.22. The predicted molar refractivity (Wildman–Crippen MR) is 76.1 cm³/mol. The normalized spacial score (nSPS) is 39.8. The molecule has 96 valence electrons. The summed E-state index contributed by atoms with van der Waals surface area (Å²) in [7, 11) is 0. The van der Waals surface area contributed by atoms with E-state index >= 15 is 0 Å². The number of nitrogens with one attached hydrogen (secondary N) is 1. The van der Waals surface area contributed by atoms with Gasteiger partial charge in [-0.3, -0.25) is 0 Å². The van der Waals surface area contributed by atoms with Crippen molar-refractivity contribution >= 4 is 34.6 Å². The van der Waals surface area contributed by atoms with Crippen LogP contribution in [0.25, 0.3) is 0 Å². The first kappa shape index (κ1) is 11.2. The lowest BCUT2D eigenvalue weighted by Gasteiger charge is -2.14. The minimum absolute atomic E-state index is 0.592. The number of nitrogens with two attached hydrogens (primary N) is 1. The molecule has 2 bridgehead atoms. The number of fused-ring (bicyclic) bond motifs is 5. The van der Waals surface area contributed by atoms with Crippen molar-refractivity contribution < 1.29 is 0 Å². The van der Waals surface area contributed by atoms with Gasteiger partial charge in [0.1, 0.15) is 0 Å². The zero-order valence-corrected chi connectivity index (χ0v) is 11.5. The number of rotatable bonds is 2. The summed E-state index contributed by atoms with van der Waals surface area (Å²) in [6, 6.07) is 4.13. The van der Waals surface area contributed by atoms with Gasteiger partial charge in [-0.1, -0.05) is 23.2 Å². The van der Waals surface area contributed by atoms with E-state index in [9.17, 15) is 0 Å². The Morgan fingerprint density at radius 3 is 2.17 bits per heavy atom. The summed E-state index contributed by atoms with van der Waals surface area (Å²) >= 11 is 12.4. The second-order valence-electron chi connectivity index (χ2n) is 6.02. The highest BCUT2D eigenvalue weighted by atomic mass is 35.5. The Kier molecular flexibility index (Phi) is 2.31. The Morgan fingerprint density at radius 2 is 1.61 bits per heavy atom. The molecule has 1 aromatic carbocycles. The molecule has 0 heterocycles. The molecule has 4 unspecified atom stereocenters. The first-order valence-electron chi connectivity index (χ1n) is 6.66. The lowest BCUT2D eigenvalue weighted by atomic mass is 10.0. The number of hydrogen-bond donors (Lipinski definition) is 2. The summed E-state index contributed by atoms with van der Waals surface area (Å²) in [5.74, 6) is 3.63. The molecule has 0 aromatic heterocycles. The minimum Gasteiger partial charge on any atom is -0.399 e. The first-order chi connectivity index (χ1) is 8.65. The summed E-state index contributed by atoms with van der Waals surface area (Å²) in [6.45, 7) is 0. The molecule has 0 saturated heterocycles. The molecule has 3 saturated carbocycles. The van der Waals surface area contributed by atoms with Gasteiger partial charge in [0.05, 0.1) is 15.7 Å². The summed E-state index contributed by atoms with van der Waals surface area (Å²) in [5.41, 5.74) is 7.21. The van der Waals surface area contributed by atoms with Gasteiger partial charge in [0.15, 0.2) is 0 Å². The van der Waals surface area contributed by atoms with Gasteiger partial charge in [-0.2, -0.15) is 0 Å². The van der Waals surface area contributed by atoms with Gasteiger partial charge in [0, 0.05) is 11.7 Å². The monoisotopic (exact) mass is 282 g/mol. The summed E-state index contributed by atoms with van der Waals surface area (Å²) in [4.78, 5) is 0. The zero-order chi connectivity index (χ0) is 12.4. The zero-order valence-electron chi connectivity index (χ0n) is 10.00. The van der Waals surface area contributed by atoms with Crippen LogP contribution in [0, 0.1) is 23.7 Å². The Morgan fingerprint density at radius 1 is 1.06 bits per heavy atom. The van der Waals surface area contributed by atoms with Gasteiger partial charge >= 0.3 is 0 Å². The molecule has 4 rings (SSSR count). The lowest BCUT2D eigenvalue weighted by molar-refractivity contribution is 0.456. The van der Waals surface area contributed by atoms with Crippen LogP contribution in [-0.4, -0.2) is 6.04 Å². The van der Waals surface area contributed by atoms with Gasteiger partial charge in [-0.15, -0.1) is 0 Å². The van der Waals surface area contributed by atoms with Crippen LogP contribution < -0.4 is 11.1 Å². The van der Waals surface area contributed by atoms with Crippen LogP contribution in [-0.2, 0) is 0 Å². The third kappa shape index (κ3) is 1.48. The van der Waals surface area contributed by atoms with Crippen molar-refractivity contribution in [3.05, 3.63) is 22.2 Å². The Hall–Kier alpha value is -0.600. The van der Waals surface area contributed by atoms with Gasteiger partial charge in [0.2, 0.25) is 0 Å². The maximum Gasteiger partial charge on any atom is 0.0722 e. The number of benzene rings is 1. The van der Waals surface area contributed by atoms with E-state index in [0.29, 0.717) is 21.8 Å². The number of nitrogen functional groups attached to an aromatic ring is 1. The van der Waals surface area contributed by atoms with Crippen molar-refractivity contribution in [3.63, 3.8) is 0 Å². The van der Waals surface area contributed by atoms with E-state index in [2.05, 4.69) is 5.32 Å². The minimum atomic E-state index is 0.592. The Balaban J connectivity index is 1.57. The van der Waals surface area contributed by atoms with Gasteiger partial charge in [-0.25, -0.2) is 0 Å². The van der Waals surface area contributed by atoms with Crippen molar-refractivity contribution in [2.24, 2.45) is 23.7 Å². The van der Waals surface area contributed by atoms with Crippen molar-refractivity contribution in [3.8, 4) is 0 Å². The van der Waals surface area contributed by atoms with Gasteiger partial charge in [0.25, 0.3) is 0 Å². The molecule has 18 heavy (non-hydrogen) atoms. The summed E-state index contributed by atoms with van der Waals surface area (Å²) in [6.07, 6.45) is 4.30. The van der Waals surface area contributed by atoms with E-state index in [1.165, 1.54) is 19.3 Å². The predicted octanol–water partition coefficient (Wildman–Crippen LogP) is 4.03. The molecule has 1 aromatic rings. The first-order valence-corrected chi connectivity index (χ1v) is 7.42. The van der Waals surface area contributed by atoms with Crippen molar-refractivity contribution in [1.29, 1.82) is 0 Å². The standard InChI is InChI=1S/C14H16Cl2N2/c15-9-4-8(17)5-10(16)13(9)18-14-11-6-1-2-7(3-6)12(11)14/h4-7,11-12,14,18H,1-3,17H2. The van der Waals surface area contributed by atoms with E-state index in [4.69, 9.17) is 28.9 Å². The van der Waals surface area contributed by atoms with Gasteiger partial charge < -0.3 is 11.1 Å². The molecule has 0 aliphatic heterocycles. The van der Waals surface area contributed by atoms with Crippen LogP contribution in [0.1, 0.15) is 19.3 Å². The largest absolute Gasteiger partial charge is 0.399 e. The fourth-order valence-electron chi connectivity index (χ4n) is 4.42. The molecule has 0 amide bonds. The molecule has 3 fully saturated rings. The number of hydrogen-bond acceptors (Lipinski definition) is 2. The molecule has 4 heteroatoms. The van der Waals surface area contributed by atoms with Gasteiger partial charge in [-0.05, 0) is 55.1 Å². The Labute approximate surface area is 117 Å². The van der Waals surface area contributed by atoms with Crippen molar-refractivity contribution in [2.45, 2.75) is 25.3 Å². The van der Waals surface area contributed by atoms with Crippen LogP contribution >= 0.6 is 23.2 Å². The molecule has 0 radical (unpaired) electrons. The molecular formula is C14H16Cl2N2. The van der Waals surface area contributed by atoms with Crippen molar-refractivity contribution in [2.75, 3.05) is 11.1 Å². The highest BCUT2D eigenvalue weighted by Gasteiger charge is 2.65. The van der Waals surface area contributed by atoms with Crippen LogP contribution in [0.3, 0.4) is 0 Å². The highest BCUT2D eigenvalue weighted by Crippen LogP contribution is 2.66. The fraction of sp³-hybridized carbons (Fsp3) is 0.571. The van der Waals surface area contributed by atoms with E-state index in [1.54, 1.807) is 12.1 Å². The number of anilines is 2. The van der Waals surface area contributed by atoms with E-state index in [1.807, 2.05) is 0 Å². The van der Waals surface area contributed by atoms with E-state index in [0.717, 1.165) is 29.4 Å². The van der Waals surface area contributed by atoms with Crippen LogP contribution in [0.5, 0.6) is 0 Å². The molecule has 2 nitrogen and oxygen atoms in total. The summed E-state index contributed by atoms with van der Waals surface area (Å²) < 4.78 is 0. The highest BCUT2D eigenvalue weighted by molar-refractivity contribution is 6.39. The molecule has 3 N–H and O–H groups in total. The molecular weight excluding hydrogens is 267 g/mol. The lowest BCUT2D eigenvalue weighted by Crippen LogP contribution is -2.13. The van der Waals surface area contributed by atoms with Crippen LogP contribution in [0.2, 0.25) is 10.0 Å². The third-order valence-electron chi connectivity index (χ3n) is 5.11. The van der Waals surface area contributed by atoms with E-state index in [-0.39, 0.29) is 0 Å². The second-order valence-corrected chi connectivity index (χ2v) is 6.83. The van der Waals surface area contributed by atoms with E-state index < -0.39 is 0 Å². The molecule has 0 spiro atoms. The smallest absolute Gasteiger partial charge is 0.0722 e. The van der Waals surface area contributed by atoms with Crippen LogP contribution in [0.4, 0.5) is 11.4 Å². The molecule has 4 atom stereocenters. The SMILES string of the molecule is Nc1cc(Cl)c(NC2C3C4CCC(C4)C23)c(Cl)c1. The number of halogens is 2. The topological polar surface area (TPSA) is 38.0 Å². The fourth-order valence-corrected chi connectivity index (χ4v) is 5.03. The molecule has 3 aliphatic carbocycles. The maximum absolute atomic E-state index is 6.22. The summed E-state index contributed by atoms with van der Waals surface area (Å²) in [5, 5.41) is 4.84. The average molecular weight is 283 g/mol. The Bertz CT molecular complexity index is 478. The van der Waals surface area contributed by atoms with Crippen LogP contribution in [0.15, 0.2) is 12.1 Å². The average Bonchev–Trinajstić information content (AvgIpc) is 2.69. The van der Waals surface area contributed by atoms with Crippen molar-refractivity contribution in [1.82, 2.24) is 0 Å². The molecule has 3 aliphatic rings. The second kappa shape index (κ2) is 3.71. The third-order valence-corrected chi connectivity index (χ3v) is 5.71.